The van der Waals surface area contributed by atoms with Crippen LogP contribution in [0.25, 0.3) is 0 Å². The molecule has 2 aromatic carbocycles. The number of piperazine rings is 1. The molecule has 0 N–H and O–H groups in total. The van der Waals surface area contributed by atoms with Gasteiger partial charge in [0.05, 0.1) is 22.6 Å². The summed E-state index contributed by atoms with van der Waals surface area (Å²) in [6.45, 7) is 10.1. The van der Waals surface area contributed by atoms with Crippen molar-refractivity contribution in [1.29, 1.82) is 0 Å². The first-order valence-electron chi connectivity index (χ1n) is 11.5. The lowest BCUT2D eigenvalue weighted by Crippen LogP contribution is -2.47. The van der Waals surface area contributed by atoms with Crippen molar-refractivity contribution in [2.75, 3.05) is 39.8 Å². The molecule has 7 heteroatoms. The van der Waals surface area contributed by atoms with Crippen LogP contribution < -0.4 is 0 Å². The summed E-state index contributed by atoms with van der Waals surface area (Å²) in [4.78, 5) is 18.0. The Morgan fingerprint density at radius 1 is 1.03 bits per heavy atom. The van der Waals surface area contributed by atoms with E-state index in [0.717, 1.165) is 62.1 Å². The number of esters is 1. The van der Waals surface area contributed by atoms with Gasteiger partial charge in [-0.1, -0.05) is 71.2 Å². The van der Waals surface area contributed by atoms with E-state index in [1.165, 1.54) is 12.7 Å². The number of benzene rings is 2. The molecule has 2 aromatic rings. The van der Waals surface area contributed by atoms with Crippen LogP contribution in [0.5, 0.6) is 0 Å². The van der Waals surface area contributed by atoms with Crippen molar-refractivity contribution in [3.63, 3.8) is 0 Å². The second kappa shape index (κ2) is 12.0. The number of nitrogens with zero attached hydrogens (tertiary/aromatic N) is 2. The summed E-state index contributed by atoms with van der Waals surface area (Å²) < 4.78 is 6.31. The average molecular weight is 556 g/mol. The van der Waals surface area contributed by atoms with Crippen LogP contribution in [-0.2, 0) is 21.5 Å². The predicted octanol–water partition coefficient (Wildman–Crippen LogP) is 6.42. The number of rotatable bonds is 9. The van der Waals surface area contributed by atoms with Crippen LogP contribution in [0.2, 0.25) is 10.0 Å². The molecular weight excluding hydrogens is 523 g/mol. The van der Waals surface area contributed by atoms with E-state index in [0.29, 0.717) is 10.0 Å². The molecule has 4 nitrogen and oxygen atoms in total. The molecule has 0 amide bonds. The smallest absolute Gasteiger partial charge is 0.316 e. The number of carbonyl (C=O) groups excluding carboxylic acids is 1. The largest absolute Gasteiger partial charge is 0.468 e. The molecule has 1 saturated heterocycles. The van der Waals surface area contributed by atoms with Gasteiger partial charge in [-0.3, -0.25) is 9.69 Å². The first-order valence-corrected chi connectivity index (χ1v) is 13.0. The molecule has 1 aliphatic rings. The second-order valence-corrected chi connectivity index (χ2v) is 10.8. The minimum Gasteiger partial charge on any atom is -0.468 e. The van der Waals surface area contributed by atoms with Crippen LogP contribution in [0.1, 0.15) is 37.8 Å². The Kier molecular flexibility index (Phi) is 9.66. The highest BCUT2D eigenvalue weighted by atomic mass is 79.9. The Morgan fingerprint density at radius 3 is 2.24 bits per heavy atom. The standard InChI is InChI=1S/C26H33BrCl2N2O2/c1-19(2)26(25(32)33-3,21-6-8-22(27)9-7-21)11-4-12-30-13-15-31(16-14-30)18-20-5-10-23(28)24(29)17-20/h5-10,17,19H,4,11-16,18H2,1-3H3. The van der Waals surface area contributed by atoms with Crippen LogP contribution in [0.15, 0.2) is 46.9 Å². The van der Waals surface area contributed by atoms with Crippen LogP contribution >= 0.6 is 39.1 Å². The summed E-state index contributed by atoms with van der Waals surface area (Å²) in [5.41, 5.74) is 1.58. The van der Waals surface area contributed by atoms with Gasteiger partial charge in [0.15, 0.2) is 0 Å². The van der Waals surface area contributed by atoms with Crippen molar-refractivity contribution in [3.05, 3.63) is 68.1 Å². The quantitative estimate of drug-likeness (QED) is 0.334. The van der Waals surface area contributed by atoms with Crippen molar-refractivity contribution >= 4 is 45.1 Å². The summed E-state index contributed by atoms with van der Waals surface area (Å²) >= 11 is 15.7. The van der Waals surface area contributed by atoms with Gasteiger partial charge in [-0.05, 0) is 60.7 Å². The van der Waals surface area contributed by atoms with Gasteiger partial charge in [-0.25, -0.2) is 0 Å². The lowest BCUT2D eigenvalue weighted by atomic mass is 9.68. The number of ether oxygens (including phenoxy) is 1. The molecule has 0 saturated carbocycles. The molecule has 0 bridgehead atoms. The van der Waals surface area contributed by atoms with Crippen molar-refractivity contribution in [3.8, 4) is 0 Å². The van der Waals surface area contributed by atoms with Gasteiger partial charge in [-0.2, -0.15) is 0 Å². The van der Waals surface area contributed by atoms with Crippen LogP contribution in [-0.4, -0.2) is 55.6 Å². The average Bonchev–Trinajstić information content (AvgIpc) is 2.80. The molecule has 33 heavy (non-hydrogen) atoms. The SMILES string of the molecule is COC(=O)C(CCCN1CCN(Cc2ccc(Cl)c(Cl)c2)CC1)(c1ccc(Br)cc1)C(C)C. The Labute approximate surface area is 216 Å². The van der Waals surface area contributed by atoms with Gasteiger partial charge in [0.1, 0.15) is 0 Å². The Balaban J connectivity index is 1.56. The number of carbonyl (C=O) groups is 1. The van der Waals surface area contributed by atoms with Gasteiger partial charge in [-0.15, -0.1) is 0 Å². The summed E-state index contributed by atoms with van der Waals surface area (Å²) in [7, 11) is 1.49. The number of hydrogen-bond donors (Lipinski definition) is 0. The van der Waals surface area contributed by atoms with Crippen molar-refractivity contribution in [2.45, 2.75) is 38.6 Å². The number of hydrogen-bond acceptors (Lipinski definition) is 4. The predicted molar refractivity (Wildman–Crippen MR) is 140 cm³/mol. The van der Waals surface area contributed by atoms with Crippen molar-refractivity contribution in [1.82, 2.24) is 9.80 Å². The third-order valence-corrected chi connectivity index (χ3v) is 8.06. The Bertz CT molecular complexity index is 930. The fourth-order valence-electron chi connectivity index (χ4n) is 4.80. The minimum absolute atomic E-state index is 0.133. The molecule has 3 rings (SSSR count). The van der Waals surface area contributed by atoms with E-state index >= 15 is 0 Å². The van der Waals surface area contributed by atoms with E-state index in [4.69, 9.17) is 27.9 Å². The monoisotopic (exact) mass is 554 g/mol. The summed E-state index contributed by atoms with van der Waals surface area (Å²) in [5, 5.41) is 1.20. The molecule has 1 atom stereocenters. The molecule has 1 heterocycles. The van der Waals surface area contributed by atoms with Crippen molar-refractivity contribution in [2.24, 2.45) is 5.92 Å². The van der Waals surface area contributed by atoms with Crippen LogP contribution in [0, 0.1) is 5.92 Å². The molecule has 0 radical (unpaired) electrons. The fraction of sp³-hybridized carbons (Fsp3) is 0.500. The molecule has 1 unspecified atom stereocenters. The maximum absolute atomic E-state index is 13.0. The highest BCUT2D eigenvalue weighted by molar-refractivity contribution is 9.10. The summed E-state index contributed by atoms with van der Waals surface area (Å²) in [5.74, 6) is -0.0135. The van der Waals surface area contributed by atoms with Gasteiger partial charge < -0.3 is 9.64 Å². The van der Waals surface area contributed by atoms with E-state index in [1.54, 1.807) is 0 Å². The molecule has 180 valence electrons. The Hall–Kier alpha value is -1.11. The van der Waals surface area contributed by atoms with E-state index in [-0.39, 0.29) is 11.9 Å². The van der Waals surface area contributed by atoms with E-state index in [9.17, 15) is 4.79 Å². The number of methoxy groups -OCH3 is 1. The molecule has 0 spiro atoms. The first-order chi connectivity index (χ1) is 15.8. The molecule has 1 fully saturated rings. The second-order valence-electron chi connectivity index (χ2n) is 9.09. The fourth-order valence-corrected chi connectivity index (χ4v) is 5.39. The zero-order chi connectivity index (χ0) is 24.0. The third-order valence-electron chi connectivity index (χ3n) is 6.80. The molecule has 0 aromatic heterocycles. The zero-order valence-corrected chi connectivity index (χ0v) is 22.7. The zero-order valence-electron chi connectivity index (χ0n) is 19.6. The highest BCUT2D eigenvalue weighted by Crippen LogP contribution is 2.39. The molecule has 1 aliphatic heterocycles. The lowest BCUT2D eigenvalue weighted by molar-refractivity contribution is -0.150. The van der Waals surface area contributed by atoms with Crippen molar-refractivity contribution < 1.29 is 9.53 Å². The molecular formula is C26H33BrCl2N2O2. The third kappa shape index (κ3) is 6.52. The number of halogens is 3. The van der Waals surface area contributed by atoms with Gasteiger partial charge in [0.25, 0.3) is 0 Å². The van der Waals surface area contributed by atoms with E-state index in [1.807, 2.05) is 42.5 Å². The maximum Gasteiger partial charge on any atom is 0.316 e. The summed E-state index contributed by atoms with van der Waals surface area (Å²) in [6, 6.07) is 14.0. The van der Waals surface area contributed by atoms with Gasteiger partial charge in [0, 0.05) is 37.2 Å². The highest BCUT2D eigenvalue weighted by Gasteiger charge is 2.44. The topological polar surface area (TPSA) is 32.8 Å². The van der Waals surface area contributed by atoms with Crippen LogP contribution in [0.3, 0.4) is 0 Å². The van der Waals surface area contributed by atoms with Crippen LogP contribution in [0.4, 0.5) is 0 Å². The molecule has 0 aliphatic carbocycles. The van der Waals surface area contributed by atoms with Gasteiger partial charge in [0.2, 0.25) is 0 Å². The first kappa shape index (κ1) is 26.5. The van der Waals surface area contributed by atoms with Gasteiger partial charge >= 0.3 is 5.97 Å². The minimum atomic E-state index is -0.634. The van der Waals surface area contributed by atoms with E-state index < -0.39 is 5.41 Å². The Morgan fingerprint density at radius 2 is 1.67 bits per heavy atom. The normalized spacial score (nSPS) is 17.2. The summed E-state index contributed by atoms with van der Waals surface area (Å²) in [6.07, 6.45) is 1.71. The lowest BCUT2D eigenvalue weighted by Gasteiger charge is -2.38. The maximum atomic E-state index is 13.0. The van der Waals surface area contributed by atoms with E-state index in [2.05, 4.69) is 39.6 Å².